The third kappa shape index (κ3) is 1.35. The fourth-order valence-corrected chi connectivity index (χ4v) is 0.517. The van der Waals surface area contributed by atoms with Crippen molar-refractivity contribution in [1.82, 2.24) is 4.98 Å². The molecule has 0 aromatic carbocycles. The topological polar surface area (TPSA) is 30.0 Å². The van der Waals surface area contributed by atoms with Gasteiger partial charge in [0.25, 0.3) is 0 Å². The van der Waals surface area contributed by atoms with Crippen LogP contribution in [0.4, 0.5) is 0 Å². The summed E-state index contributed by atoms with van der Waals surface area (Å²) in [6, 6.07) is 4.38. The molecule has 2 nitrogen and oxygen atoms in total. The van der Waals surface area contributed by atoms with Crippen molar-refractivity contribution in [2.45, 2.75) is 6.92 Å². The smallest absolute Gasteiger partial charge is 0.161 e. The molecular weight excluding hydrogens is 114 g/mol. The number of hydrogen-bond acceptors (Lipinski definition) is 2. The monoisotopic (exact) mass is 120 g/mol. The molecule has 0 saturated carbocycles. The summed E-state index contributed by atoms with van der Waals surface area (Å²) in [5.74, 6) is 0.00287. The van der Waals surface area contributed by atoms with Crippen LogP contribution in [0, 0.1) is 6.07 Å². The number of aromatic nitrogens is 1. The Hall–Kier alpha value is -1.18. The van der Waals surface area contributed by atoms with E-state index < -0.39 is 0 Å². The zero-order valence-corrected chi connectivity index (χ0v) is 5.09. The Morgan fingerprint density at radius 3 is 2.89 bits per heavy atom. The quantitative estimate of drug-likeness (QED) is 0.519. The molecule has 0 unspecified atom stereocenters. The lowest BCUT2D eigenvalue weighted by Crippen LogP contribution is -1.91. The second-order valence-electron chi connectivity index (χ2n) is 1.71. The largest absolute Gasteiger partial charge is 0.294 e. The normalized spacial score (nSPS) is 9.00. The average molecular weight is 120 g/mol. The van der Waals surface area contributed by atoms with E-state index in [-0.39, 0.29) is 5.78 Å². The fourth-order valence-electron chi connectivity index (χ4n) is 0.517. The Morgan fingerprint density at radius 1 is 1.78 bits per heavy atom. The minimum Gasteiger partial charge on any atom is -0.294 e. The molecule has 0 saturated heterocycles. The van der Waals surface area contributed by atoms with E-state index in [1.54, 1.807) is 12.3 Å². The Labute approximate surface area is 53.5 Å². The van der Waals surface area contributed by atoms with Crippen LogP contribution >= 0.6 is 0 Å². The van der Waals surface area contributed by atoms with Gasteiger partial charge in [-0.05, 0) is 19.1 Å². The zero-order chi connectivity index (χ0) is 6.69. The van der Waals surface area contributed by atoms with Gasteiger partial charge in [-0.15, -0.1) is 0 Å². The number of pyridine rings is 1. The zero-order valence-electron chi connectivity index (χ0n) is 5.09. The molecule has 0 aliphatic heterocycles. The molecule has 45 valence electrons. The third-order valence-corrected chi connectivity index (χ3v) is 0.982. The highest BCUT2D eigenvalue weighted by atomic mass is 16.1. The number of rotatable bonds is 1. The summed E-state index contributed by atoms with van der Waals surface area (Å²) in [5, 5.41) is 0. The second kappa shape index (κ2) is 2.40. The number of ketones is 1. The van der Waals surface area contributed by atoms with Gasteiger partial charge >= 0.3 is 0 Å². The molecule has 0 aliphatic rings. The molecule has 1 heterocycles. The minimum atomic E-state index is 0.00287. The van der Waals surface area contributed by atoms with E-state index in [9.17, 15) is 4.79 Å². The van der Waals surface area contributed by atoms with E-state index in [0.717, 1.165) is 0 Å². The Morgan fingerprint density at radius 2 is 2.56 bits per heavy atom. The first kappa shape index (κ1) is 5.95. The van der Waals surface area contributed by atoms with Crippen molar-refractivity contribution in [3.8, 4) is 0 Å². The van der Waals surface area contributed by atoms with Crippen molar-refractivity contribution < 1.29 is 4.79 Å². The lowest BCUT2D eigenvalue weighted by Gasteiger charge is -1.87. The maximum atomic E-state index is 10.6. The number of Topliss-reactive ketones (excluding diaryl/α,β-unsaturated/α-hetero) is 1. The predicted octanol–water partition coefficient (Wildman–Crippen LogP) is 1.08. The molecule has 1 aromatic rings. The molecule has 0 N–H and O–H groups in total. The van der Waals surface area contributed by atoms with Crippen molar-refractivity contribution in [2.24, 2.45) is 0 Å². The Bertz CT molecular complexity index is 205. The second-order valence-corrected chi connectivity index (χ2v) is 1.71. The predicted molar refractivity (Wildman–Crippen MR) is 33.1 cm³/mol. The highest BCUT2D eigenvalue weighted by Crippen LogP contribution is 1.93. The van der Waals surface area contributed by atoms with Crippen LogP contribution in [0.1, 0.15) is 17.3 Å². The number of nitrogens with zero attached hydrogens (tertiary/aromatic N) is 1. The first-order valence-electron chi connectivity index (χ1n) is 2.63. The summed E-state index contributed by atoms with van der Waals surface area (Å²) in [5.41, 5.74) is 0.539. The van der Waals surface area contributed by atoms with Crippen molar-refractivity contribution in [2.75, 3.05) is 0 Å². The molecule has 1 rings (SSSR count). The number of carbonyl (C=O) groups excluding carboxylic acids is 1. The summed E-state index contributed by atoms with van der Waals surface area (Å²) in [7, 11) is 0. The first-order chi connectivity index (χ1) is 4.30. The van der Waals surface area contributed by atoms with Crippen molar-refractivity contribution in [3.63, 3.8) is 0 Å². The minimum absolute atomic E-state index is 0.00287. The van der Waals surface area contributed by atoms with E-state index in [1.807, 2.05) is 0 Å². The maximum absolute atomic E-state index is 10.6. The van der Waals surface area contributed by atoms with Crippen LogP contribution < -0.4 is 0 Å². The van der Waals surface area contributed by atoms with Crippen LogP contribution in [0.25, 0.3) is 0 Å². The van der Waals surface area contributed by atoms with Gasteiger partial charge < -0.3 is 0 Å². The lowest BCUT2D eigenvalue weighted by atomic mass is 10.2. The van der Waals surface area contributed by atoms with Crippen LogP contribution in [0.5, 0.6) is 0 Å². The molecule has 0 fully saturated rings. The molecular formula is C7H6NO. The molecule has 0 atom stereocenters. The van der Waals surface area contributed by atoms with Crippen LogP contribution in [-0.2, 0) is 0 Å². The van der Waals surface area contributed by atoms with Crippen LogP contribution in [0.2, 0.25) is 0 Å². The van der Waals surface area contributed by atoms with Crippen LogP contribution in [0.15, 0.2) is 18.5 Å². The highest BCUT2D eigenvalue weighted by Gasteiger charge is 1.94. The van der Waals surface area contributed by atoms with Crippen molar-refractivity contribution in [1.29, 1.82) is 0 Å². The van der Waals surface area contributed by atoms with Crippen molar-refractivity contribution >= 4 is 5.78 Å². The van der Waals surface area contributed by atoms with E-state index in [1.165, 1.54) is 13.1 Å². The maximum Gasteiger partial charge on any atom is 0.161 e. The molecule has 1 radical (unpaired) electrons. The van der Waals surface area contributed by atoms with Crippen molar-refractivity contribution in [3.05, 3.63) is 30.1 Å². The van der Waals surface area contributed by atoms with Crippen LogP contribution in [0.3, 0.4) is 0 Å². The summed E-state index contributed by atoms with van der Waals surface area (Å²) in [4.78, 5) is 14.3. The van der Waals surface area contributed by atoms with E-state index >= 15 is 0 Å². The summed E-state index contributed by atoms with van der Waals surface area (Å²) >= 11 is 0. The molecule has 0 aliphatic carbocycles. The van der Waals surface area contributed by atoms with Crippen LogP contribution in [-0.4, -0.2) is 10.8 Å². The van der Waals surface area contributed by atoms with Gasteiger partial charge in [-0.1, -0.05) is 0 Å². The Kier molecular flexibility index (Phi) is 1.58. The summed E-state index contributed by atoms with van der Waals surface area (Å²) in [6.45, 7) is 1.49. The fraction of sp³-hybridized carbons (Fsp3) is 0.143. The molecule has 1 aromatic heterocycles. The molecule has 9 heavy (non-hydrogen) atoms. The third-order valence-electron chi connectivity index (χ3n) is 0.982. The van der Waals surface area contributed by atoms with Gasteiger partial charge in [-0.25, -0.2) is 0 Å². The molecule has 0 bridgehead atoms. The van der Waals surface area contributed by atoms with Gasteiger partial charge in [0.1, 0.15) is 0 Å². The van der Waals surface area contributed by atoms with Gasteiger partial charge in [0.05, 0.1) is 0 Å². The number of hydrogen-bond donors (Lipinski definition) is 0. The average Bonchev–Trinajstić information content (AvgIpc) is 1.90. The first-order valence-corrected chi connectivity index (χ1v) is 2.63. The summed E-state index contributed by atoms with van der Waals surface area (Å²) in [6.07, 6.45) is 3.09. The molecule has 0 amide bonds. The van der Waals surface area contributed by atoms with Gasteiger partial charge in [0.15, 0.2) is 5.78 Å². The van der Waals surface area contributed by atoms with Gasteiger partial charge in [-0.3, -0.25) is 9.78 Å². The highest BCUT2D eigenvalue weighted by molar-refractivity contribution is 5.93. The molecule has 2 heteroatoms. The Balaban J connectivity index is 2.98. The van der Waals surface area contributed by atoms with Gasteiger partial charge in [0, 0.05) is 18.0 Å². The number of carbonyl (C=O) groups is 1. The van der Waals surface area contributed by atoms with E-state index in [0.29, 0.717) is 5.56 Å². The molecule has 0 spiro atoms. The van der Waals surface area contributed by atoms with Gasteiger partial charge in [-0.2, -0.15) is 0 Å². The van der Waals surface area contributed by atoms with E-state index in [2.05, 4.69) is 11.1 Å². The van der Waals surface area contributed by atoms with Gasteiger partial charge in [0.2, 0.25) is 0 Å². The lowest BCUT2D eigenvalue weighted by molar-refractivity contribution is 0.101. The SMILES string of the molecule is CC(=O)c1[c]ccnc1. The standard InChI is InChI=1S/C7H6NO/c1-6(9)7-3-2-4-8-5-7/h2,4-5H,1H3. The summed E-state index contributed by atoms with van der Waals surface area (Å²) < 4.78 is 0. The van der Waals surface area contributed by atoms with E-state index in [4.69, 9.17) is 0 Å².